The minimum absolute atomic E-state index is 0.0717. The molecule has 0 bridgehead atoms. The Morgan fingerprint density at radius 3 is 2.16 bits per heavy atom. The van der Waals surface area contributed by atoms with E-state index in [-0.39, 0.29) is 19.1 Å². The fourth-order valence-corrected chi connectivity index (χ4v) is 3.78. The second-order valence-corrected chi connectivity index (χ2v) is 7.78. The van der Waals surface area contributed by atoms with E-state index >= 15 is 0 Å². The summed E-state index contributed by atoms with van der Waals surface area (Å²) in [5.41, 5.74) is 2.77. The smallest absolute Gasteiger partial charge is 0.408 e. The largest absolute Gasteiger partial charge is 0.479 e. The van der Waals surface area contributed by atoms with Gasteiger partial charge in [0.1, 0.15) is 12.1 Å². The van der Waals surface area contributed by atoms with Crippen molar-refractivity contribution >= 4 is 18.0 Å². The summed E-state index contributed by atoms with van der Waals surface area (Å²) >= 11 is 0. The molecule has 2 atom stereocenters. The fraction of sp³-hybridized carbons (Fsp3) is 0.348. The number of aliphatic hydroxyl groups is 1. The third kappa shape index (κ3) is 4.90. The van der Waals surface area contributed by atoms with Gasteiger partial charge in [-0.05, 0) is 29.2 Å². The molecule has 9 heteroatoms. The summed E-state index contributed by atoms with van der Waals surface area (Å²) in [4.78, 5) is 35.8. The van der Waals surface area contributed by atoms with Crippen LogP contribution in [-0.2, 0) is 19.1 Å². The van der Waals surface area contributed by atoms with Crippen LogP contribution in [0.25, 0.3) is 11.1 Å². The molecule has 0 aromatic heterocycles. The van der Waals surface area contributed by atoms with Crippen LogP contribution in [0.4, 0.5) is 4.79 Å². The second-order valence-electron chi connectivity index (χ2n) is 7.78. The maximum absolute atomic E-state index is 12.6. The van der Waals surface area contributed by atoms with E-state index in [0.717, 1.165) is 22.3 Å². The Morgan fingerprint density at radius 1 is 1.06 bits per heavy atom. The summed E-state index contributed by atoms with van der Waals surface area (Å²) in [5.74, 6) is -2.32. The number of carboxylic acids is 1. The number of amides is 2. The average molecular weight is 442 g/mol. The Hall–Kier alpha value is -3.43. The highest BCUT2D eigenvalue weighted by Gasteiger charge is 2.37. The molecule has 2 unspecified atom stereocenters. The summed E-state index contributed by atoms with van der Waals surface area (Å²) in [5, 5.41) is 22.9. The second kappa shape index (κ2) is 9.80. The number of nitrogens with one attached hydrogen (secondary N) is 2. The summed E-state index contributed by atoms with van der Waals surface area (Å²) in [7, 11) is 1.36. The van der Waals surface area contributed by atoms with E-state index in [1.165, 1.54) is 14.0 Å². The number of carboxylic acid groups (broad SMARTS) is 1. The van der Waals surface area contributed by atoms with Crippen molar-refractivity contribution in [3.05, 3.63) is 59.7 Å². The first-order valence-corrected chi connectivity index (χ1v) is 10.1. The molecular weight excluding hydrogens is 416 g/mol. The van der Waals surface area contributed by atoms with Crippen LogP contribution in [0, 0.1) is 0 Å². The number of rotatable bonds is 9. The Bertz CT molecular complexity index is 964. The molecule has 0 saturated heterocycles. The van der Waals surface area contributed by atoms with Crippen molar-refractivity contribution in [1.29, 1.82) is 0 Å². The quantitative estimate of drug-likeness (QED) is 0.462. The summed E-state index contributed by atoms with van der Waals surface area (Å²) in [6.07, 6.45) is -2.58. The van der Waals surface area contributed by atoms with Crippen LogP contribution in [0.1, 0.15) is 24.0 Å². The average Bonchev–Trinajstić information content (AvgIpc) is 3.09. The van der Waals surface area contributed by atoms with Gasteiger partial charge in [-0.1, -0.05) is 48.5 Å². The molecule has 0 radical (unpaired) electrons. The molecule has 9 nitrogen and oxygen atoms in total. The lowest BCUT2D eigenvalue weighted by atomic mass is 9.98. The van der Waals surface area contributed by atoms with Gasteiger partial charge >= 0.3 is 12.1 Å². The van der Waals surface area contributed by atoms with Crippen LogP contribution in [0.15, 0.2) is 48.5 Å². The third-order valence-corrected chi connectivity index (χ3v) is 5.40. The third-order valence-electron chi connectivity index (χ3n) is 5.40. The molecule has 0 heterocycles. The number of carbonyl (C=O) groups excluding carboxylic acids is 2. The van der Waals surface area contributed by atoms with Gasteiger partial charge in [0.2, 0.25) is 5.91 Å². The van der Waals surface area contributed by atoms with Crippen molar-refractivity contribution in [2.24, 2.45) is 0 Å². The molecule has 2 amide bonds. The number of ether oxygens (including phenoxy) is 2. The normalized spacial score (nSPS) is 15.1. The van der Waals surface area contributed by atoms with E-state index < -0.39 is 36.2 Å². The van der Waals surface area contributed by atoms with Crippen LogP contribution < -0.4 is 10.6 Å². The molecule has 3 rings (SSSR count). The van der Waals surface area contributed by atoms with Gasteiger partial charge in [0.25, 0.3) is 0 Å². The minimum atomic E-state index is -1.76. The zero-order chi connectivity index (χ0) is 23.3. The van der Waals surface area contributed by atoms with Crippen LogP contribution in [-0.4, -0.2) is 66.7 Å². The zero-order valence-electron chi connectivity index (χ0n) is 17.8. The molecule has 32 heavy (non-hydrogen) atoms. The molecule has 2 aromatic carbocycles. The van der Waals surface area contributed by atoms with Crippen molar-refractivity contribution in [2.45, 2.75) is 24.5 Å². The first-order valence-electron chi connectivity index (χ1n) is 10.1. The molecule has 2 aromatic rings. The summed E-state index contributed by atoms with van der Waals surface area (Å²) in [6, 6.07) is 15.8. The molecule has 170 valence electrons. The monoisotopic (exact) mass is 442 g/mol. The van der Waals surface area contributed by atoms with E-state index in [2.05, 4.69) is 10.6 Å². The van der Waals surface area contributed by atoms with Gasteiger partial charge in [-0.2, -0.15) is 0 Å². The molecule has 4 N–H and O–H groups in total. The Balaban J connectivity index is 1.66. The van der Waals surface area contributed by atoms with E-state index in [1.54, 1.807) is 0 Å². The maximum Gasteiger partial charge on any atom is 0.408 e. The van der Waals surface area contributed by atoms with Crippen LogP contribution in [0.3, 0.4) is 0 Å². The number of alkyl carbamates (subject to hydrolysis) is 1. The zero-order valence-corrected chi connectivity index (χ0v) is 17.8. The van der Waals surface area contributed by atoms with Crippen molar-refractivity contribution < 1.29 is 34.1 Å². The number of methoxy groups -OCH3 is 1. The first-order chi connectivity index (χ1) is 15.3. The van der Waals surface area contributed by atoms with Crippen molar-refractivity contribution in [3.8, 4) is 11.1 Å². The van der Waals surface area contributed by atoms with Crippen LogP contribution in [0.5, 0.6) is 0 Å². The lowest BCUT2D eigenvalue weighted by Gasteiger charge is -2.29. The number of benzene rings is 2. The van der Waals surface area contributed by atoms with Crippen LogP contribution in [0.2, 0.25) is 0 Å². The highest BCUT2D eigenvalue weighted by molar-refractivity contribution is 5.90. The summed E-state index contributed by atoms with van der Waals surface area (Å²) in [6.45, 7) is 0.786. The van der Waals surface area contributed by atoms with Gasteiger partial charge in [0.05, 0.1) is 13.2 Å². The van der Waals surface area contributed by atoms with Gasteiger partial charge in [-0.3, -0.25) is 4.79 Å². The molecule has 1 aliphatic carbocycles. The van der Waals surface area contributed by atoms with Gasteiger partial charge < -0.3 is 30.3 Å². The molecule has 1 aliphatic rings. The molecule has 0 aliphatic heterocycles. The lowest BCUT2D eigenvalue weighted by Crippen LogP contribution is -2.60. The van der Waals surface area contributed by atoms with Gasteiger partial charge in [0, 0.05) is 13.0 Å². The standard InChI is InChI=1S/C23H26N2O7/c1-23(13-31-2,21(29)24-11-19(26)20(27)28)25-22(30)32-12-18-16-9-5-3-7-14(16)15-8-4-6-10-17(15)18/h3-10,18-19,26H,11-13H2,1-2H3,(H,24,29)(H,25,30)(H,27,28). The number of fused-ring (bicyclic) bond motifs is 3. The van der Waals surface area contributed by atoms with E-state index in [4.69, 9.17) is 14.6 Å². The fourth-order valence-electron chi connectivity index (χ4n) is 3.78. The molecule has 0 fully saturated rings. The number of hydrogen-bond acceptors (Lipinski definition) is 6. The summed E-state index contributed by atoms with van der Waals surface area (Å²) < 4.78 is 10.5. The van der Waals surface area contributed by atoms with Gasteiger partial charge in [0.15, 0.2) is 6.10 Å². The van der Waals surface area contributed by atoms with Crippen molar-refractivity contribution in [1.82, 2.24) is 10.6 Å². The molecular formula is C23H26N2O7. The van der Waals surface area contributed by atoms with Gasteiger partial charge in [-0.25, -0.2) is 9.59 Å². The lowest BCUT2D eigenvalue weighted by molar-refractivity contribution is -0.146. The SMILES string of the molecule is COCC(C)(NC(=O)OCC1c2ccccc2-c2ccccc21)C(=O)NCC(O)C(=O)O. The van der Waals surface area contributed by atoms with E-state index in [0.29, 0.717) is 0 Å². The minimum Gasteiger partial charge on any atom is -0.479 e. The topological polar surface area (TPSA) is 134 Å². The molecule has 0 spiro atoms. The van der Waals surface area contributed by atoms with Crippen molar-refractivity contribution in [2.75, 3.05) is 26.9 Å². The predicted octanol–water partition coefficient (Wildman–Crippen LogP) is 1.49. The van der Waals surface area contributed by atoms with Crippen molar-refractivity contribution in [3.63, 3.8) is 0 Å². The highest BCUT2D eigenvalue weighted by atomic mass is 16.5. The number of hydrogen-bond donors (Lipinski definition) is 4. The maximum atomic E-state index is 12.6. The molecule has 0 saturated carbocycles. The van der Waals surface area contributed by atoms with Gasteiger partial charge in [-0.15, -0.1) is 0 Å². The number of carbonyl (C=O) groups is 3. The number of aliphatic carboxylic acids is 1. The highest BCUT2D eigenvalue weighted by Crippen LogP contribution is 2.44. The van der Waals surface area contributed by atoms with E-state index in [9.17, 15) is 19.5 Å². The Morgan fingerprint density at radius 2 is 1.62 bits per heavy atom. The Kier molecular flexibility index (Phi) is 7.12. The predicted molar refractivity (Wildman–Crippen MR) is 115 cm³/mol. The first kappa shape index (κ1) is 23.2. The Labute approximate surface area is 185 Å². The number of aliphatic hydroxyl groups excluding tert-OH is 1. The van der Waals surface area contributed by atoms with Crippen LogP contribution >= 0.6 is 0 Å². The van der Waals surface area contributed by atoms with E-state index in [1.807, 2.05) is 48.5 Å².